The standard InChI is InChI=1S/C10H11IN2O/c1-14-7-6-13-9-5-3-2-4-8(9)10(11)12-13/h2-5H,6-7H2,1H3. The molecule has 0 aliphatic rings. The van der Waals surface area contributed by atoms with E-state index in [0.29, 0.717) is 6.61 Å². The Kier molecular flexibility index (Phi) is 3.02. The number of rotatable bonds is 3. The second-order valence-electron chi connectivity index (χ2n) is 3.02. The van der Waals surface area contributed by atoms with Crippen molar-refractivity contribution >= 4 is 33.5 Å². The van der Waals surface area contributed by atoms with E-state index in [1.807, 2.05) is 16.8 Å². The van der Waals surface area contributed by atoms with Gasteiger partial charge in [0, 0.05) is 12.5 Å². The summed E-state index contributed by atoms with van der Waals surface area (Å²) in [6.07, 6.45) is 0. The van der Waals surface area contributed by atoms with E-state index in [1.165, 1.54) is 10.9 Å². The fourth-order valence-corrected chi connectivity index (χ4v) is 2.15. The van der Waals surface area contributed by atoms with Crippen LogP contribution in [0.3, 0.4) is 0 Å². The lowest BCUT2D eigenvalue weighted by molar-refractivity contribution is 0.184. The minimum Gasteiger partial charge on any atom is -0.383 e. The molecule has 0 aliphatic carbocycles. The zero-order valence-electron chi connectivity index (χ0n) is 7.90. The second kappa shape index (κ2) is 4.27. The Labute approximate surface area is 96.2 Å². The number of fused-ring (bicyclic) bond motifs is 1. The molecule has 3 nitrogen and oxygen atoms in total. The van der Waals surface area contributed by atoms with Crippen molar-refractivity contribution in [1.29, 1.82) is 0 Å². The molecule has 0 atom stereocenters. The van der Waals surface area contributed by atoms with E-state index < -0.39 is 0 Å². The monoisotopic (exact) mass is 302 g/mol. The maximum absolute atomic E-state index is 5.04. The van der Waals surface area contributed by atoms with Gasteiger partial charge in [0.2, 0.25) is 0 Å². The van der Waals surface area contributed by atoms with E-state index in [1.54, 1.807) is 7.11 Å². The lowest BCUT2D eigenvalue weighted by atomic mass is 10.3. The SMILES string of the molecule is COCCn1nc(I)c2ccccc21. The second-order valence-corrected chi connectivity index (χ2v) is 4.05. The molecule has 0 aliphatic heterocycles. The Balaban J connectivity index is 2.44. The molecule has 1 aromatic carbocycles. The van der Waals surface area contributed by atoms with Gasteiger partial charge in [-0.2, -0.15) is 5.10 Å². The molecule has 0 saturated carbocycles. The van der Waals surface area contributed by atoms with Gasteiger partial charge in [0.1, 0.15) is 3.70 Å². The highest BCUT2D eigenvalue weighted by molar-refractivity contribution is 14.1. The van der Waals surface area contributed by atoms with Crippen LogP contribution in [0.2, 0.25) is 0 Å². The molecule has 74 valence electrons. The average Bonchev–Trinajstić information content (AvgIpc) is 2.54. The van der Waals surface area contributed by atoms with Crippen LogP contribution in [0.1, 0.15) is 0 Å². The average molecular weight is 302 g/mol. The number of para-hydroxylation sites is 1. The molecular formula is C10H11IN2O. The molecule has 0 amide bonds. The van der Waals surface area contributed by atoms with E-state index >= 15 is 0 Å². The van der Waals surface area contributed by atoms with E-state index in [2.05, 4.69) is 39.8 Å². The van der Waals surface area contributed by atoms with Crippen molar-refractivity contribution in [2.75, 3.05) is 13.7 Å². The molecule has 1 heterocycles. The molecule has 0 N–H and O–H groups in total. The summed E-state index contributed by atoms with van der Waals surface area (Å²) in [7, 11) is 1.71. The number of hydrogen-bond donors (Lipinski definition) is 0. The van der Waals surface area contributed by atoms with Crippen molar-refractivity contribution in [3.63, 3.8) is 0 Å². The fourth-order valence-electron chi connectivity index (χ4n) is 1.44. The normalized spacial score (nSPS) is 11.0. The Morgan fingerprint density at radius 3 is 3.00 bits per heavy atom. The van der Waals surface area contributed by atoms with Gasteiger partial charge in [0.15, 0.2) is 0 Å². The predicted octanol–water partition coefficient (Wildman–Crippen LogP) is 2.29. The summed E-state index contributed by atoms with van der Waals surface area (Å²) in [5.74, 6) is 0. The largest absolute Gasteiger partial charge is 0.383 e. The summed E-state index contributed by atoms with van der Waals surface area (Å²) in [6, 6.07) is 8.24. The van der Waals surface area contributed by atoms with Gasteiger partial charge in [-0.3, -0.25) is 4.68 Å². The van der Waals surface area contributed by atoms with Crippen LogP contribution in [0.25, 0.3) is 10.9 Å². The zero-order valence-corrected chi connectivity index (χ0v) is 10.1. The summed E-state index contributed by atoms with van der Waals surface area (Å²) in [5, 5.41) is 5.66. The molecule has 2 aromatic rings. The van der Waals surface area contributed by atoms with Gasteiger partial charge < -0.3 is 4.74 Å². The van der Waals surface area contributed by atoms with Crippen LogP contribution in [0.15, 0.2) is 24.3 Å². The van der Waals surface area contributed by atoms with Gasteiger partial charge in [0.05, 0.1) is 18.7 Å². The van der Waals surface area contributed by atoms with Gasteiger partial charge in [-0.25, -0.2) is 0 Å². The summed E-state index contributed by atoms with van der Waals surface area (Å²) < 4.78 is 8.08. The summed E-state index contributed by atoms with van der Waals surface area (Å²) in [5.41, 5.74) is 1.17. The maximum Gasteiger partial charge on any atom is 0.131 e. The van der Waals surface area contributed by atoms with Crippen LogP contribution in [0.4, 0.5) is 0 Å². The van der Waals surface area contributed by atoms with Gasteiger partial charge in [0.25, 0.3) is 0 Å². The number of methoxy groups -OCH3 is 1. The van der Waals surface area contributed by atoms with E-state index in [9.17, 15) is 0 Å². The highest BCUT2D eigenvalue weighted by atomic mass is 127. The molecule has 0 fully saturated rings. The lowest BCUT2D eigenvalue weighted by Gasteiger charge is -2.01. The molecule has 0 unspecified atom stereocenters. The molecule has 0 bridgehead atoms. The summed E-state index contributed by atoms with van der Waals surface area (Å²) in [6.45, 7) is 1.50. The van der Waals surface area contributed by atoms with Crippen molar-refractivity contribution in [2.24, 2.45) is 0 Å². The number of aromatic nitrogens is 2. The molecule has 2 rings (SSSR count). The van der Waals surface area contributed by atoms with Gasteiger partial charge in [-0.15, -0.1) is 0 Å². The topological polar surface area (TPSA) is 27.1 Å². The van der Waals surface area contributed by atoms with Crippen molar-refractivity contribution < 1.29 is 4.74 Å². The minimum atomic E-state index is 0.696. The van der Waals surface area contributed by atoms with Crippen molar-refractivity contribution in [3.8, 4) is 0 Å². The van der Waals surface area contributed by atoms with Crippen LogP contribution >= 0.6 is 22.6 Å². The first-order valence-electron chi connectivity index (χ1n) is 4.43. The molecule has 14 heavy (non-hydrogen) atoms. The molecule has 0 spiro atoms. The Bertz CT molecular complexity index is 439. The predicted molar refractivity (Wildman–Crippen MR) is 64.3 cm³/mol. The lowest BCUT2D eigenvalue weighted by Crippen LogP contribution is -2.05. The summed E-state index contributed by atoms with van der Waals surface area (Å²) >= 11 is 2.26. The Morgan fingerprint density at radius 1 is 1.43 bits per heavy atom. The first kappa shape index (κ1) is 9.92. The molecule has 0 radical (unpaired) electrons. The smallest absolute Gasteiger partial charge is 0.131 e. The van der Waals surface area contributed by atoms with Crippen molar-refractivity contribution in [1.82, 2.24) is 9.78 Å². The number of benzene rings is 1. The molecule has 4 heteroatoms. The van der Waals surface area contributed by atoms with Crippen LogP contribution in [0, 0.1) is 3.70 Å². The van der Waals surface area contributed by atoms with E-state index in [4.69, 9.17) is 4.74 Å². The number of ether oxygens (including phenoxy) is 1. The number of halogens is 1. The van der Waals surface area contributed by atoms with Gasteiger partial charge in [-0.05, 0) is 28.7 Å². The Morgan fingerprint density at radius 2 is 2.21 bits per heavy atom. The highest BCUT2D eigenvalue weighted by Crippen LogP contribution is 2.19. The molecule has 1 aromatic heterocycles. The van der Waals surface area contributed by atoms with Gasteiger partial charge >= 0.3 is 0 Å². The van der Waals surface area contributed by atoms with E-state index in [-0.39, 0.29) is 0 Å². The third kappa shape index (κ3) is 1.76. The first-order valence-corrected chi connectivity index (χ1v) is 5.51. The number of hydrogen-bond acceptors (Lipinski definition) is 2. The quantitative estimate of drug-likeness (QED) is 0.813. The fraction of sp³-hybridized carbons (Fsp3) is 0.300. The van der Waals surface area contributed by atoms with Gasteiger partial charge in [-0.1, -0.05) is 18.2 Å². The molecular weight excluding hydrogens is 291 g/mol. The maximum atomic E-state index is 5.04. The highest BCUT2D eigenvalue weighted by Gasteiger charge is 2.06. The minimum absolute atomic E-state index is 0.696. The van der Waals surface area contributed by atoms with E-state index in [0.717, 1.165) is 10.2 Å². The first-order chi connectivity index (χ1) is 6.83. The zero-order chi connectivity index (χ0) is 9.97. The third-order valence-electron chi connectivity index (χ3n) is 2.12. The molecule has 0 saturated heterocycles. The van der Waals surface area contributed by atoms with Crippen molar-refractivity contribution in [3.05, 3.63) is 28.0 Å². The van der Waals surface area contributed by atoms with Crippen LogP contribution in [-0.4, -0.2) is 23.5 Å². The van der Waals surface area contributed by atoms with Crippen LogP contribution in [0.5, 0.6) is 0 Å². The van der Waals surface area contributed by atoms with Crippen molar-refractivity contribution in [2.45, 2.75) is 6.54 Å². The Hall–Kier alpha value is -0.620. The summed E-state index contributed by atoms with van der Waals surface area (Å²) in [4.78, 5) is 0. The third-order valence-corrected chi connectivity index (χ3v) is 2.92. The van der Waals surface area contributed by atoms with Crippen LogP contribution in [-0.2, 0) is 11.3 Å². The van der Waals surface area contributed by atoms with Crippen LogP contribution < -0.4 is 0 Å². The number of nitrogens with zero attached hydrogens (tertiary/aromatic N) is 2.